The average molecular weight is 418 g/mol. The second-order valence-corrected chi connectivity index (χ2v) is 5.79. The number of methoxy groups -OCH3 is 1. The molecule has 0 bridgehead atoms. The van der Waals surface area contributed by atoms with Crippen molar-refractivity contribution in [3.63, 3.8) is 0 Å². The molecule has 110 valence electrons. The largest absolute Gasteiger partial charge is 0.495 e. The SMILES string of the molecule is COc1ccc(NC(=O)COc2ccc(I)cc2)cc1Cl. The molecule has 2 aromatic carbocycles. The Morgan fingerprint density at radius 2 is 1.95 bits per heavy atom. The summed E-state index contributed by atoms with van der Waals surface area (Å²) in [7, 11) is 1.54. The minimum absolute atomic E-state index is 0.0652. The van der Waals surface area contributed by atoms with E-state index in [2.05, 4.69) is 27.9 Å². The van der Waals surface area contributed by atoms with E-state index in [4.69, 9.17) is 21.1 Å². The molecule has 0 spiro atoms. The van der Waals surface area contributed by atoms with Crippen LogP contribution in [0.1, 0.15) is 0 Å². The summed E-state index contributed by atoms with van der Waals surface area (Å²) in [6.45, 7) is -0.0652. The summed E-state index contributed by atoms with van der Waals surface area (Å²) in [5.74, 6) is 0.956. The number of rotatable bonds is 5. The number of ether oxygens (including phenoxy) is 2. The second kappa shape index (κ2) is 7.51. The standard InChI is InChI=1S/C15H13ClINO3/c1-20-14-7-4-11(8-13(14)16)18-15(19)9-21-12-5-2-10(17)3-6-12/h2-8H,9H2,1H3,(H,18,19). The van der Waals surface area contributed by atoms with Gasteiger partial charge in [0, 0.05) is 9.26 Å². The van der Waals surface area contributed by atoms with Crippen LogP contribution in [0.5, 0.6) is 11.5 Å². The molecule has 0 aliphatic rings. The van der Waals surface area contributed by atoms with E-state index in [1.807, 2.05) is 24.3 Å². The van der Waals surface area contributed by atoms with Crippen molar-refractivity contribution in [2.75, 3.05) is 19.0 Å². The Labute approximate surface area is 141 Å². The third-order valence-electron chi connectivity index (χ3n) is 2.62. The molecule has 0 aliphatic heterocycles. The minimum Gasteiger partial charge on any atom is -0.495 e. The van der Waals surface area contributed by atoms with Crippen LogP contribution >= 0.6 is 34.2 Å². The highest BCUT2D eigenvalue weighted by Gasteiger charge is 2.06. The van der Waals surface area contributed by atoms with Gasteiger partial charge in [-0.2, -0.15) is 0 Å². The lowest BCUT2D eigenvalue weighted by Crippen LogP contribution is -2.20. The van der Waals surface area contributed by atoms with E-state index in [1.165, 1.54) is 7.11 Å². The average Bonchev–Trinajstić information content (AvgIpc) is 2.47. The fourth-order valence-corrected chi connectivity index (χ4v) is 2.24. The highest BCUT2D eigenvalue weighted by Crippen LogP contribution is 2.27. The van der Waals surface area contributed by atoms with Gasteiger partial charge in [-0.3, -0.25) is 4.79 Å². The topological polar surface area (TPSA) is 47.6 Å². The minimum atomic E-state index is -0.255. The monoisotopic (exact) mass is 417 g/mol. The van der Waals surface area contributed by atoms with Gasteiger partial charge in [0.15, 0.2) is 6.61 Å². The van der Waals surface area contributed by atoms with Crippen molar-refractivity contribution in [1.29, 1.82) is 0 Å². The van der Waals surface area contributed by atoms with Gasteiger partial charge in [0.05, 0.1) is 12.1 Å². The summed E-state index contributed by atoms with van der Waals surface area (Å²) in [5, 5.41) is 3.15. The molecule has 0 aliphatic carbocycles. The van der Waals surface area contributed by atoms with Crippen LogP contribution in [0.3, 0.4) is 0 Å². The van der Waals surface area contributed by atoms with Gasteiger partial charge in [0.2, 0.25) is 0 Å². The highest BCUT2D eigenvalue weighted by molar-refractivity contribution is 14.1. The Balaban J connectivity index is 1.89. The number of nitrogens with one attached hydrogen (secondary N) is 1. The number of hydrogen-bond acceptors (Lipinski definition) is 3. The summed E-state index contributed by atoms with van der Waals surface area (Å²) < 4.78 is 11.6. The molecule has 0 radical (unpaired) electrons. The van der Waals surface area contributed by atoms with Crippen molar-refractivity contribution in [1.82, 2.24) is 0 Å². The van der Waals surface area contributed by atoms with Crippen molar-refractivity contribution in [3.8, 4) is 11.5 Å². The molecule has 2 rings (SSSR count). The number of carbonyl (C=O) groups is 1. The summed E-state index contributed by atoms with van der Waals surface area (Å²) in [4.78, 5) is 11.8. The number of carbonyl (C=O) groups excluding carboxylic acids is 1. The van der Waals surface area contributed by atoms with E-state index in [1.54, 1.807) is 18.2 Å². The maximum Gasteiger partial charge on any atom is 0.262 e. The van der Waals surface area contributed by atoms with E-state index in [-0.39, 0.29) is 12.5 Å². The molecule has 0 heterocycles. The maximum absolute atomic E-state index is 11.8. The fraction of sp³-hybridized carbons (Fsp3) is 0.133. The number of halogens is 2. The van der Waals surface area contributed by atoms with Gasteiger partial charge in [0.25, 0.3) is 5.91 Å². The molecule has 6 heteroatoms. The summed E-state index contributed by atoms with van der Waals surface area (Å²) in [5.41, 5.74) is 0.594. The van der Waals surface area contributed by atoms with Crippen molar-refractivity contribution >= 4 is 45.8 Å². The second-order valence-electron chi connectivity index (χ2n) is 4.14. The molecule has 4 nitrogen and oxygen atoms in total. The first-order valence-electron chi connectivity index (χ1n) is 6.10. The zero-order chi connectivity index (χ0) is 15.2. The number of anilines is 1. The first-order valence-corrected chi connectivity index (χ1v) is 7.56. The first kappa shape index (κ1) is 15.9. The molecule has 0 unspecified atom stereocenters. The lowest BCUT2D eigenvalue weighted by Gasteiger charge is -2.09. The normalized spacial score (nSPS) is 10.0. The van der Waals surface area contributed by atoms with Crippen molar-refractivity contribution < 1.29 is 14.3 Å². The van der Waals surface area contributed by atoms with Crippen LogP contribution in [0, 0.1) is 3.57 Å². The fourth-order valence-electron chi connectivity index (χ4n) is 1.62. The molecule has 0 aromatic heterocycles. The molecular weight excluding hydrogens is 405 g/mol. The van der Waals surface area contributed by atoms with E-state index in [9.17, 15) is 4.79 Å². The molecule has 0 fully saturated rings. The lowest BCUT2D eigenvalue weighted by molar-refractivity contribution is -0.118. The van der Waals surface area contributed by atoms with Crippen LogP contribution < -0.4 is 14.8 Å². The Morgan fingerprint density at radius 1 is 1.24 bits per heavy atom. The predicted molar refractivity (Wildman–Crippen MR) is 91.3 cm³/mol. The summed E-state index contributed by atoms with van der Waals surface area (Å²) in [6, 6.07) is 12.5. The molecular formula is C15H13ClINO3. The van der Waals surface area contributed by atoms with Crippen LogP contribution in [0.15, 0.2) is 42.5 Å². The van der Waals surface area contributed by atoms with Crippen LogP contribution in [0.25, 0.3) is 0 Å². The van der Waals surface area contributed by atoms with Crippen molar-refractivity contribution in [3.05, 3.63) is 51.1 Å². The van der Waals surface area contributed by atoms with Gasteiger partial charge in [-0.25, -0.2) is 0 Å². The quantitative estimate of drug-likeness (QED) is 0.749. The summed E-state index contributed by atoms with van der Waals surface area (Å²) >= 11 is 8.20. The van der Waals surface area contributed by atoms with E-state index >= 15 is 0 Å². The van der Waals surface area contributed by atoms with Gasteiger partial charge in [-0.05, 0) is 65.1 Å². The van der Waals surface area contributed by atoms with Gasteiger partial charge in [-0.15, -0.1) is 0 Å². The van der Waals surface area contributed by atoms with Gasteiger partial charge in [-0.1, -0.05) is 11.6 Å². The van der Waals surface area contributed by atoms with Crippen LogP contribution in [-0.2, 0) is 4.79 Å². The van der Waals surface area contributed by atoms with Gasteiger partial charge >= 0.3 is 0 Å². The molecule has 0 saturated heterocycles. The highest BCUT2D eigenvalue weighted by atomic mass is 127. The Kier molecular flexibility index (Phi) is 5.69. The molecule has 2 aromatic rings. The van der Waals surface area contributed by atoms with Crippen molar-refractivity contribution in [2.45, 2.75) is 0 Å². The zero-order valence-corrected chi connectivity index (χ0v) is 14.1. The number of benzene rings is 2. The molecule has 1 amide bonds. The van der Waals surface area contributed by atoms with Gasteiger partial charge < -0.3 is 14.8 Å². The van der Waals surface area contributed by atoms with Gasteiger partial charge in [0.1, 0.15) is 11.5 Å². The van der Waals surface area contributed by atoms with Crippen LogP contribution in [-0.4, -0.2) is 19.6 Å². The van der Waals surface area contributed by atoms with E-state index < -0.39 is 0 Å². The molecule has 21 heavy (non-hydrogen) atoms. The lowest BCUT2D eigenvalue weighted by atomic mass is 10.3. The Hall–Kier alpha value is -1.47. The Bertz CT molecular complexity index is 631. The Morgan fingerprint density at radius 3 is 2.57 bits per heavy atom. The van der Waals surface area contributed by atoms with Crippen LogP contribution in [0.2, 0.25) is 5.02 Å². The molecule has 0 saturated carbocycles. The molecule has 1 N–H and O–H groups in total. The number of hydrogen-bond donors (Lipinski definition) is 1. The zero-order valence-electron chi connectivity index (χ0n) is 11.2. The van der Waals surface area contributed by atoms with E-state index in [0.717, 1.165) is 3.57 Å². The van der Waals surface area contributed by atoms with E-state index in [0.29, 0.717) is 22.2 Å². The third kappa shape index (κ3) is 4.78. The third-order valence-corrected chi connectivity index (χ3v) is 3.63. The maximum atomic E-state index is 11.8. The smallest absolute Gasteiger partial charge is 0.262 e. The van der Waals surface area contributed by atoms with Crippen LogP contribution in [0.4, 0.5) is 5.69 Å². The first-order chi connectivity index (χ1) is 10.1. The summed E-state index contributed by atoms with van der Waals surface area (Å²) in [6.07, 6.45) is 0. The predicted octanol–water partition coefficient (Wildman–Crippen LogP) is 3.97. The number of amides is 1. The van der Waals surface area contributed by atoms with Crippen molar-refractivity contribution in [2.24, 2.45) is 0 Å². The molecule has 0 atom stereocenters.